The number of likely N-dealkylation sites (N-methyl/N-ethyl adjacent to an activating group) is 1. The Labute approximate surface area is 304 Å². The molecule has 3 atom stereocenters. The van der Waals surface area contributed by atoms with E-state index in [9.17, 15) is 29.1 Å². The zero-order chi connectivity index (χ0) is 36.9. The second kappa shape index (κ2) is 15.7. The third kappa shape index (κ3) is 7.90. The second-order valence-corrected chi connectivity index (χ2v) is 13.2. The fraction of sp³-hybridized carbons (Fsp3) is 0.263. The minimum atomic E-state index is -1.82. The molecular weight excluding hydrogens is 697 g/mol. The highest BCUT2D eigenvalue weighted by atomic mass is 35.5. The Morgan fingerprint density at radius 2 is 1.55 bits per heavy atom. The van der Waals surface area contributed by atoms with Crippen LogP contribution in [-0.2, 0) is 29.6 Å². The molecule has 5 rings (SSSR count). The molecule has 13 heteroatoms. The summed E-state index contributed by atoms with van der Waals surface area (Å²) in [5, 5.41) is 18.8. The summed E-state index contributed by atoms with van der Waals surface area (Å²) < 4.78 is 5.17. The summed E-state index contributed by atoms with van der Waals surface area (Å²) in [5.41, 5.74) is -0.745. The summed E-state index contributed by atoms with van der Waals surface area (Å²) in [6, 6.07) is 23.6. The van der Waals surface area contributed by atoms with Crippen LogP contribution < -0.4 is 5.32 Å². The second-order valence-electron chi connectivity index (χ2n) is 12.4. The molecule has 4 aromatic carbocycles. The maximum atomic E-state index is 14.5. The largest absolute Gasteiger partial charge is 0.481 e. The molecular formula is C38H35Cl2N3O8. The standard InChI is InChI=1S/C38H35Cl2N3O8/c1-22(2)34(41-35(47)26-16-9-12-23-11-7-8-15-25(23)26)29-20-38(51-42-29,24-13-5-4-6-14-24)37(49)43(3)30(19-32(45)46)31(44)21-50-36(48)33-27(39)17-10-18-28(33)40/h4-18,22,30,34H,19-21H2,1-3H3,(H,41,47)(H,45,46)/t30-,34-,38?/m0/s1. The van der Waals surface area contributed by atoms with Crippen LogP contribution in [0.15, 0.2) is 96.2 Å². The maximum Gasteiger partial charge on any atom is 0.341 e. The predicted octanol–water partition coefficient (Wildman–Crippen LogP) is 6.30. The molecule has 1 unspecified atom stereocenters. The highest BCUT2D eigenvalue weighted by Gasteiger charge is 2.53. The van der Waals surface area contributed by atoms with Crippen LogP contribution in [-0.4, -0.2) is 71.0 Å². The number of hydrogen-bond acceptors (Lipinski definition) is 8. The monoisotopic (exact) mass is 731 g/mol. The Balaban J connectivity index is 1.40. The van der Waals surface area contributed by atoms with Gasteiger partial charge in [0.2, 0.25) is 5.60 Å². The van der Waals surface area contributed by atoms with E-state index in [0.717, 1.165) is 15.7 Å². The number of benzene rings is 4. The highest BCUT2D eigenvalue weighted by molar-refractivity contribution is 6.39. The molecule has 0 aromatic heterocycles. The van der Waals surface area contributed by atoms with E-state index in [-0.39, 0.29) is 33.9 Å². The molecule has 0 aliphatic carbocycles. The molecule has 0 fully saturated rings. The zero-order valence-electron chi connectivity index (χ0n) is 28.0. The van der Waals surface area contributed by atoms with Gasteiger partial charge >= 0.3 is 11.9 Å². The van der Waals surface area contributed by atoms with Gasteiger partial charge in [0.05, 0.1) is 33.8 Å². The SMILES string of the molecule is CC(C)[C@H](NC(=O)c1cccc2ccccc12)C1=NOC(C(=O)N(C)[C@@H](CC(=O)O)C(=O)COC(=O)c2c(Cl)cccc2Cl)(c2ccccc2)C1. The van der Waals surface area contributed by atoms with Gasteiger partial charge in [0.25, 0.3) is 11.8 Å². The topological polar surface area (TPSA) is 152 Å². The number of Topliss-reactive ketones (excluding diaryl/α,β-unsaturated/α-hetero) is 1. The number of nitrogens with zero attached hydrogens (tertiary/aromatic N) is 2. The number of carbonyl (C=O) groups excluding carboxylic acids is 4. The molecule has 0 bridgehead atoms. The van der Waals surface area contributed by atoms with Crippen LogP contribution in [0.3, 0.4) is 0 Å². The Hall–Kier alpha value is -5.26. The number of rotatable bonds is 13. The lowest BCUT2D eigenvalue weighted by atomic mass is 9.83. The van der Waals surface area contributed by atoms with Crippen molar-refractivity contribution in [2.75, 3.05) is 13.7 Å². The fourth-order valence-corrected chi connectivity index (χ4v) is 6.61. The Morgan fingerprint density at radius 1 is 0.922 bits per heavy atom. The van der Waals surface area contributed by atoms with Crippen LogP contribution in [0.4, 0.5) is 0 Å². The van der Waals surface area contributed by atoms with Gasteiger partial charge in [0, 0.05) is 24.6 Å². The third-order valence-corrected chi connectivity index (χ3v) is 9.35. The summed E-state index contributed by atoms with van der Waals surface area (Å²) in [4.78, 5) is 73.4. The molecule has 0 radical (unpaired) electrons. The van der Waals surface area contributed by atoms with E-state index in [2.05, 4.69) is 10.5 Å². The Kier molecular flexibility index (Phi) is 11.4. The van der Waals surface area contributed by atoms with Crippen LogP contribution in [0.1, 0.15) is 53.0 Å². The van der Waals surface area contributed by atoms with E-state index in [1.807, 2.05) is 44.2 Å². The summed E-state index contributed by atoms with van der Waals surface area (Å²) in [5.74, 6) is -4.53. The number of fused-ring (bicyclic) bond motifs is 1. The van der Waals surface area contributed by atoms with E-state index in [1.54, 1.807) is 42.5 Å². The summed E-state index contributed by atoms with van der Waals surface area (Å²) in [7, 11) is 1.27. The number of amides is 2. The average Bonchev–Trinajstić information content (AvgIpc) is 3.57. The molecule has 0 spiro atoms. The van der Waals surface area contributed by atoms with Crippen LogP contribution in [0.2, 0.25) is 10.0 Å². The van der Waals surface area contributed by atoms with Crippen molar-refractivity contribution in [2.24, 2.45) is 11.1 Å². The fourth-order valence-electron chi connectivity index (χ4n) is 6.06. The van der Waals surface area contributed by atoms with Crippen LogP contribution in [0, 0.1) is 5.92 Å². The van der Waals surface area contributed by atoms with Gasteiger partial charge in [-0.2, -0.15) is 0 Å². The van der Waals surface area contributed by atoms with Crippen LogP contribution in [0.25, 0.3) is 10.8 Å². The van der Waals surface area contributed by atoms with E-state index in [4.69, 9.17) is 32.8 Å². The van der Waals surface area contributed by atoms with Gasteiger partial charge in [-0.3, -0.25) is 19.2 Å². The van der Waals surface area contributed by atoms with E-state index in [0.29, 0.717) is 16.8 Å². The smallest absolute Gasteiger partial charge is 0.341 e. The van der Waals surface area contributed by atoms with Crippen molar-refractivity contribution in [3.8, 4) is 0 Å². The first-order valence-electron chi connectivity index (χ1n) is 16.1. The van der Waals surface area contributed by atoms with Gasteiger partial charge in [-0.05, 0) is 34.9 Å². The number of ketones is 1. The number of ether oxygens (including phenoxy) is 1. The summed E-state index contributed by atoms with van der Waals surface area (Å²) in [6.07, 6.45) is -0.910. The van der Waals surface area contributed by atoms with Gasteiger partial charge in [0.1, 0.15) is 6.04 Å². The molecule has 0 saturated carbocycles. The Bertz CT molecular complexity index is 1990. The first-order valence-corrected chi connectivity index (χ1v) is 16.8. The maximum absolute atomic E-state index is 14.5. The summed E-state index contributed by atoms with van der Waals surface area (Å²) >= 11 is 12.2. The minimum Gasteiger partial charge on any atom is -0.481 e. The number of hydrogen-bond donors (Lipinski definition) is 2. The minimum absolute atomic E-state index is 0.00123. The number of oxime groups is 1. The van der Waals surface area contributed by atoms with Crippen molar-refractivity contribution in [3.05, 3.63) is 118 Å². The van der Waals surface area contributed by atoms with Crippen molar-refractivity contribution in [3.63, 3.8) is 0 Å². The van der Waals surface area contributed by atoms with E-state index in [1.165, 1.54) is 25.2 Å². The number of carboxylic acids is 1. The summed E-state index contributed by atoms with van der Waals surface area (Å²) in [6.45, 7) is 2.92. The molecule has 1 heterocycles. The molecule has 1 aliphatic rings. The van der Waals surface area contributed by atoms with Gasteiger partial charge < -0.3 is 24.9 Å². The molecule has 51 heavy (non-hydrogen) atoms. The molecule has 2 amide bonds. The molecule has 11 nitrogen and oxygen atoms in total. The number of nitrogens with one attached hydrogen (secondary N) is 1. The first-order chi connectivity index (χ1) is 24.3. The molecule has 2 N–H and O–H groups in total. The lowest BCUT2D eigenvalue weighted by molar-refractivity contribution is -0.161. The third-order valence-electron chi connectivity index (χ3n) is 8.72. The van der Waals surface area contributed by atoms with Crippen molar-refractivity contribution < 1.29 is 38.7 Å². The first kappa shape index (κ1) is 37.0. The lowest BCUT2D eigenvalue weighted by Crippen LogP contribution is -2.54. The van der Waals surface area contributed by atoms with Gasteiger partial charge in [0.15, 0.2) is 12.4 Å². The average molecular weight is 733 g/mol. The predicted molar refractivity (Wildman–Crippen MR) is 192 cm³/mol. The molecule has 0 saturated heterocycles. The quantitative estimate of drug-likeness (QED) is 0.152. The molecule has 264 valence electrons. The van der Waals surface area contributed by atoms with Crippen molar-refractivity contribution in [2.45, 2.75) is 44.4 Å². The lowest BCUT2D eigenvalue weighted by Gasteiger charge is -2.34. The van der Waals surface area contributed by atoms with E-state index < -0.39 is 54.3 Å². The number of carbonyl (C=O) groups is 5. The number of esters is 1. The van der Waals surface area contributed by atoms with Crippen LogP contribution in [0.5, 0.6) is 0 Å². The normalized spacial score (nSPS) is 16.5. The zero-order valence-corrected chi connectivity index (χ0v) is 29.5. The van der Waals surface area contributed by atoms with Gasteiger partial charge in [-0.25, -0.2) is 4.79 Å². The van der Waals surface area contributed by atoms with Crippen molar-refractivity contribution in [1.82, 2.24) is 10.2 Å². The van der Waals surface area contributed by atoms with E-state index >= 15 is 0 Å². The number of carboxylic acid groups (broad SMARTS) is 1. The van der Waals surface area contributed by atoms with Gasteiger partial charge in [-0.1, -0.05) is 115 Å². The number of halogens is 2. The van der Waals surface area contributed by atoms with Crippen molar-refractivity contribution in [1.29, 1.82) is 0 Å². The Morgan fingerprint density at radius 3 is 2.22 bits per heavy atom. The number of aliphatic carboxylic acids is 1. The molecule has 1 aliphatic heterocycles. The molecule has 4 aromatic rings. The highest BCUT2D eigenvalue weighted by Crippen LogP contribution is 2.39. The van der Waals surface area contributed by atoms with Crippen LogP contribution >= 0.6 is 23.2 Å². The van der Waals surface area contributed by atoms with Crippen molar-refractivity contribution >= 4 is 69.2 Å². The van der Waals surface area contributed by atoms with Gasteiger partial charge in [-0.15, -0.1) is 0 Å².